The number of benzene rings is 3. The van der Waals surface area contributed by atoms with Crippen molar-refractivity contribution in [3.8, 4) is 0 Å². The molecular weight excluding hydrogens is 450 g/mol. The van der Waals surface area contributed by atoms with E-state index in [1.807, 2.05) is 0 Å². The fourth-order valence-corrected chi connectivity index (χ4v) is 6.11. The Kier molecular flexibility index (Phi) is 4.71. The number of anilines is 3. The smallest absolute Gasteiger partial charge is 0.261 e. The van der Waals surface area contributed by atoms with E-state index >= 15 is 0 Å². The van der Waals surface area contributed by atoms with Gasteiger partial charge in [-0.2, -0.15) is 0 Å². The molecule has 0 saturated heterocycles. The van der Waals surface area contributed by atoms with Crippen LogP contribution in [0.5, 0.6) is 0 Å². The van der Waals surface area contributed by atoms with Gasteiger partial charge < -0.3 is 0 Å². The number of sulfonamides is 3. The van der Waals surface area contributed by atoms with Gasteiger partial charge in [0.1, 0.15) is 0 Å². The molecule has 4 rings (SSSR count). The van der Waals surface area contributed by atoms with Crippen LogP contribution >= 0.6 is 0 Å². The molecule has 0 radical (unpaired) electrons. The highest BCUT2D eigenvalue weighted by atomic mass is 32.2. The van der Waals surface area contributed by atoms with Crippen LogP contribution in [0.3, 0.4) is 0 Å². The fraction of sp³-hybridized carbons (Fsp3) is 0. The van der Waals surface area contributed by atoms with E-state index in [4.69, 9.17) is 0 Å². The van der Waals surface area contributed by atoms with E-state index in [1.54, 1.807) is 0 Å². The Morgan fingerprint density at radius 2 is 0.700 bits per heavy atom. The van der Waals surface area contributed by atoms with Crippen molar-refractivity contribution in [2.45, 2.75) is 14.7 Å². The zero-order chi connectivity index (χ0) is 21.6. The van der Waals surface area contributed by atoms with Gasteiger partial charge in [0.15, 0.2) is 0 Å². The Bertz CT molecular complexity index is 1290. The topological polar surface area (TPSA) is 139 Å². The van der Waals surface area contributed by atoms with Crippen molar-refractivity contribution in [2.75, 3.05) is 14.2 Å². The summed E-state index contributed by atoms with van der Waals surface area (Å²) >= 11 is 0. The second kappa shape index (κ2) is 7.00. The van der Waals surface area contributed by atoms with Gasteiger partial charge in [-0.05, 0) is 54.6 Å². The highest BCUT2D eigenvalue weighted by molar-refractivity contribution is 7.93. The van der Waals surface area contributed by atoms with E-state index in [0.29, 0.717) is 0 Å². The lowest BCUT2D eigenvalue weighted by Crippen LogP contribution is -2.15. The van der Waals surface area contributed by atoms with Crippen LogP contribution in [0.15, 0.2) is 87.5 Å². The number of rotatable bonds is 0. The largest absolute Gasteiger partial charge is 0.280 e. The first-order valence-electron chi connectivity index (χ1n) is 8.44. The van der Waals surface area contributed by atoms with E-state index in [9.17, 15) is 25.3 Å². The summed E-state index contributed by atoms with van der Waals surface area (Å²) in [5.41, 5.74) is 0.104. The van der Waals surface area contributed by atoms with Gasteiger partial charge in [0.25, 0.3) is 30.1 Å². The maximum absolute atomic E-state index is 12.7. The van der Waals surface area contributed by atoms with Crippen molar-refractivity contribution in [3.05, 3.63) is 72.8 Å². The summed E-state index contributed by atoms with van der Waals surface area (Å²) in [6.07, 6.45) is 0. The Hall–Kier alpha value is -3.09. The molecule has 12 heteroatoms. The third kappa shape index (κ3) is 3.97. The van der Waals surface area contributed by atoms with Gasteiger partial charge in [0.2, 0.25) is 0 Å². The lowest BCUT2D eigenvalue weighted by atomic mass is 10.3. The van der Waals surface area contributed by atoms with Crippen molar-refractivity contribution in [2.24, 2.45) is 0 Å². The molecule has 0 fully saturated rings. The van der Waals surface area contributed by atoms with Crippen LogP contribution in [0.4, 0.5) is 17.1 Å². The number of hydrogen-bond donors (Lipinski definition) is 3. The summed E-state index contributed by atoms with van der Waals surface area (Å²) in [4.78, 5) is -0.590. The standard InChI is InChI=1S/C18H15N3O6S3/c22-28(23)16-7-1-4-13(10-16)19-29(24,25)17-8-3-6-15(12-17)21-30(26,27)18-9-2-5-14(11-18)20-28/h1-12,19-21H. The van der Waals surface area contributed by atoms with Crippen LogP contribution in [-0.4, -0.2) is 25.3 Å². The predicted octanol–water partition coefficient (Wildman–Crippen LogP) is 2.40. The maximum atomic E-state index is 12.7. The first kappa shape index (κ1) is 20.2. The minimum Gasteiger partial charge on any atom is -0.280 e. The summed E-state index contributed by atoms with van der Waals surface area (Å²) in [5.74, 6) is 0. The van der Waals surface area contributed by atoms with E-state index in [-0.39, 0.29) is 31.7 Å². The molecule has 3 aromatic carbocycles. The van der Waals surface area contributed by atoms with Crippen LogP contribution in [0.2, 0.25) is 0 Å². The predicted molar refractivity (Wildman–Crippen MR) is 112 cm³/mol. The molecule has 156 valence electrons. The zero-order valence-corrected chi connectivity index (χ0v) is 17.6. The maximum Gasteiger partial charge on any atom is 0.261 e. The molecule has 3 N–H and O–H groups in total. The van der Waals surface area contributed by atoms with Gasteiger partial charge in [-0.25, -0.2) is 25.3 Å². The Balaban J connectivity index is 1.96. The Morgan fingerprint density at radius 3 is 0.967 bits per heavy atom. The summed E-state index contributed by atoms with van der Waals surface area (Å²) < 4.78 is 83.3. The summed E-state index contributed by atoms with van der Waals surface area (Å²) in [5, 5.41) is 0. The lowest BCUT2D eigenvalue weighted by Gasteiger charge is -2.11. The average Bonchev–Trinajstić information content (AvgIpc) is 2.67. The molecule has 6 bridgehead atoms. The van der Waals surface area contributed by atoms with Gasteiger partial charge in [-0.3, -0.25) is 14.2 Å². The summed E-state index contributed by atoms with van der Waals surface area (Å²) in [7, 11) is -12.3. The quantitative estimate of drug-likeness (QED) is 0.466. The lowest BCUT2D eigenvalue weighted by molar-refractivity contribution is 0.598. The van der Waals surface area contributed by atoms with Gasteiger partial charge in [-0.15, -0.1) is 0 Å². The van der Waals surface area contributed by atoms with Crippen LogP contribution in [0.1, 0.15) is 0 Å². The van der Waals surface area contributed by atoms with Crippen LogP contribution in [0.25, 0.3) is 0 Å². The molecule has 30 heavy (non-hydrogen) atoms. The minimum atomic E-state index is -4.11. The highest BCUT2D eigenvalue weighted by Crippen LogP contribution is 2.26. The average molecular weight is 466 g/mol. The van der Waals surface area contributed by atoms with Crippen LogP contribution < -0.4 is 14.2 Å². The van der Waals surface area contributed by atoms with Crippen LogP contribution in [-0.2, 0) is 30.1 Å². The molecule has 0 amide bonds. The zero-order valence-electron chi connectivity index (χ0n) is 15.1. The van der Waals surface area contributed by atoms with Crippen molar-refractivity contribution in [1.82, 2.24) is 0 Å². The molecule has 1 aliphatic rings. The normalized spacial score (nSPS) is 18.4. The van der Waals surface area contributed by atoms with Gasteiger partial charge in [0, 0.05) is 0 Å². The van der Waals surface area contributed by atoms with Gasteiger partial charge in [-0.1, -0.05) is 18.2 Å². The van der Waals surface area contributed by atoms with Crippen molar-refractivity contribution < 1.29 is 25.3 Å². The second-order valence-corrected chi connectivity index (χ2v) is 11.4. The Labute approximate surface area is 173 Å². The fourth-order valence-electron chi connectivity index (χ4n) is 2.82. The third-order valence-electron chi connectivity index (χ3n) is 4.19. The van der Waals surface area contributed by atoms with E-state index in [2.05, 4.69) is 14.2 Å². The molecule has 1 heterocycles. The summed E-state index contributed by atoms with van der Waals surface area (Å²) in [6, 6.07) is 15.8. The van der Waals surface area contributed by atoms with Crippen molar-refractivity contribution in [1.29, 1.82) is 0 Å². The first-order chi connectivity index (χ1) is 14.1. The molecule has 0 atom stereocenters. The second-order valence-electron chi connectivity index (χ2n) is 6.40. The van der Waals surface area contributed by atoms with Gasteiger partial charge >= 0.3 is 0 Å². The SMILES string of the molecule is O=S1(=O)Nc2cccc(c2)S(=O)(=O)Nc2cccc(c2)S(=O)(=O)Nc2cccc1c2. The van der Waals surface area contributed by atoms with Crippen molar-refractivity contribution in [3.63, 3.8) is 0 Å². The molecule has 0 saturated carbocycles. The summed E-state index contributed by atoms with van der Waals surface area (Å²) in [6.45, 7) is 0. The van der Waals surface area contributed by atoms with Crippen molar-refractivity contribution >= 4 is 47.1 Å². The van der Waals surface area contributed by atoms with Gasteiger partial charge in [0.05, 0.1) is 31.7 Å². The molecule has 3 aromatic rings. The molecule has 0 spiro atoms. The molecule has 0 aliphatic carbocycles. The number of fused-ring (bicyclic) bond motifs is 6. The molecule has 1 aliphatic heterocycles. The first-order valence-corrected chi connectivity index (χ1v) is 12.9. The minimum absolute atomic E-state index is 0.0347. The number of hydrogen-bond acceptors (Lipinski definition) is 6. The Morgan fingerprint density at radius 1 is 0.433 bits per heavy atom. The van der Waals surface area contributed by atoms with E-state index < -0.39 is 30.1 Å². The van der Waals surface area contributed by atoms with E-state index in [1.165, 1.54) is 72.8 Å². The highest BCUT2D eigenvalue weighted by Gasteiger charge is 2.22. The van der Waals surface area contributed by atoms with E-state index in [0.717, 1.165) is 0 Å². The molecule has 9 nitrogen and oxygen atoms in total. The molecular formula is C18H15N3O6S3. The third-order valence-corrected chi connectivity index (χ3v) is 8.33. The van der Waals surface area contributed by atoms with Crippen LogP contribution in [0, 0.1) is 0 Å². The number of nitrogens with one attached hydrogen (secondary N) is 3. The molecule has 0 unspecified atom stereocenters. The molecule has 0 aromatic heterocycles. The monoisotopic (exact) mass is 465 g/mol.